The number of esters is 2. The van der Waals surface area contributed by atoms with Gasteiger partial charge in [0.2, 0.25) is 6.29 Å². The molecule has 0 amide bonds. The summed E-state index contributed by atoms with van der Waals surface area (Å²) in [7, 11) is 0. The monoisotopic (exact) mass is 330 g/mol. The van der Waals surface area contributed by atoms with Crippen molar-refractivity contribution in [2.24, 2.45) is 0 Å². The molecule has 1 atom stereocenters. The highest BCUT2D eigenvalue weighted by Gasteiger charge is 2.13. The van der Waals surface area contributed by atoms with Crippen LogP contribution in [0.5, 0.6) is 0 Å². The first-order valence-electron chi connectivity index (χ1n) is 9.13. The lowest BCUT2D eigenvalue weighted by Gasteiger charge is -2.12. The van der Waals surface area contributed by atoms with Crippen molar-refractivity contribution in [1.82, 2.24) is 0 Å². The minimum absolute atomic E-state index is 0.282. The van der Waals surface area contributed by atoms with E-state index in [1.807, 2.05) is 0 Å². The molecule has 1 unspecified atom stereocenters. The molecule has 1 N–H and O–H groups in total. The third-order valence-corrected chi connectivity index (χ3v) is 3.62. The number of ether oxygens (including phenoxy) is 2. The fourth-order valence-electron chi connectivity index (χ4n) is 2.23. The molecule has 0 saturated carbocycles. The lowest BCUT2D eigenvalue weighted by atomic mass is 10.1. The van der Waals surface area contributed by atoms with Crippen LogP contribution in [0.4, 0.5) is 0 Å². The van der Waals surface area contributed by atoms with Crippen LogP contribution in [0.2, 0.25) is 0 Å². The van der Waals surface area contributed by atoms with Gasteiger partial charge < -0.3 is 14.6 Å². The van der Waals surface area contributed by atoms with E-state index in [4.69, 9.17) is 9.47 Å². The van der Waals surface area contributed by atoms with Crippen LogP contribution in [0, 0.1) is 0 Å². The summed E-state index contributed by atoms with van der Waals surface area (Å²) in [5.74, 6) is -0.791. The average Bonchev–Trinajstić information content (AvgIpc) is 2.52. The number of rotatable bonds is 15. The van der Waals surface area contributed by atoms with Gasteiger partial charge in [-0.15, -0.1) is 0 Å². The maximum Gasteiger partial charge on any atom is 0.308 e. The second kappa shape index (κ2) is 15.8. The predicted octanol–water partition coefficient (Wildman–Crippen LogP) is 4.11. The minimum atomic E-state index is -1.36. The second-order valence-corrected chi connectivity index (χ2v) is 5.96. The van der Waals surface area contributed by atoms with Crippen LogP contribution in [0.3, 0.4) is 0 Å². The van der Waals surface area contributed by atoms with Gasteiger partial charge in [0.25, 0.3) is 0 Å². The summed E-state index contributed by atoms with van der Waals surface area (Å²) < 4.78 is 9.71. The van der Waals surface area contributed by atoms with Crippen LogP contribution >= 0.6 is 0 Å². The Hall–Kier alpha value is -1.10. The molecule has 0 bridgehead atoms. The number of carbonyl (C=O) groups excluding carboxylic acids is 2. The zero-order valence-corrected chi connectivity index (χ0v) is 14.8. The van der Waals surface area contributed by atoms with Gasteiger partial charge in [-0.3, -0.25) is 9.59 Å². The van der Waals surface area contributed by atoms with Crippen LogP contribution in [0.15, 0.2) is 0 Å². The largest absolute Gasteiger partial charge is 0.459 e. The van der Waals surface area contributed by atoms with E-state index in [0.717, 1.165) is 44.9 Å². The number of carbonyl (C=O) groups is 2. The van der Waals surface area contributed by atoms with Crippen molar-refractivity contribution < 1.29 is 24.2 Å². The molecule has 0 radical (unpaired) electrons. The number of aliphatic hydroxyl groups excluding tert-OH is 1. The quantitative estimate of drug-likeness (QED) is 0.278. The van der Waals surface area contributed by atoms with Crippen molar-refractivity contribution in [2.75, 3.05) is 6.61 Å². The lowest BCUT2D eigenvalue weighted by Crippen LogP contribution is -2.24. The summed E-state index contributed by atoms with van der Waals surface area (Å²) >= 11 is 0. The Balaban J connectivity index is 3.55. The van der Waals surface area contributed by atoms with Gasteiger partial charge >= 0.3 is 11.9 Å². The van der Waals surface area contributed by atoms with Gasteiger partial charge in [-0.2, -0.15) is 0 Å². The molecule has 5 nitrogen and oxygen atoms in total. The van der Waals surface area contributed by atoms with E-state index >= 15 is 0 Å². The van der Waals surface area contributed by atoms with E-state index in [0.29, 0.717) is 12.8 Å². The number of unbranched alkanes of at least 4 members (excludes halogenated alkanes) is 8. The lowest BCUT2D eigenvalue weighted by molar-refractivity contribution is -0.182. The first-order valence-corrected chi connectivity index (χ1v) is 9.13. The van der Waals surface area contributed by atoms with E-state index in [1.165, 1.54) is 19.3 Å². The van der Waals surface area contributed by atoms with Crippen molar-refractivity contribution in [2.45, 2.75) is 97.2 Å². The smallest absolute Gasteiger partial charge is 0.308 e. The highest BCUT2D eigenvalue weighted by Crippen LogP contribution is 2.08. The standard InChI is InChI=1S/C18H34O5/c1-3-5-7-9-11-13-16(19)22-15-18(21)23-17(20)14-12-10-8-6-4-2/h18,21H,3-15H2,1-2H3. The number of hydrogen-bond acceptors (Lipinski definition) is 5. The van der Waals surface area contributed by atoms with Crippen molar-refractivity contribution in [3.63, 3.8) is 0 Å². The van der Waals surface area contributed by atoms with Crippen LogP contribution in [0.25, 0.3) is 0 Å². The van der Waals surface area contributed by atoms with Crippen molar-refractivity contribution in [1.29, 1.82) is 0 Å². The van der Waals surface area contributed by atoms with Crippen LogP contribution in [-0.2, 0) is 19.1 Å². The van der Waals surface area contributed by atoms with Crippen molar-refractivity contribution in [3.05, 3.63) is 0 Å². The molecule has 0 aliphatic carbocycles. The minimum Gasteiger partial charge on any atom is -0.459 e. The first-order chi connectivity index (χ1) is 11.1. The molecule has 136 valence electrons. The Bertz CT molecular complexity index is 304. The molecule has 0 aliphatic rings. The normalized spacial score (nSPS) is 12.0. The number of hydrogen-bond donors (Lipinski definition) is 1. The summed E-state index contributed by atoms with van der Waals surface area (Å²) in [5, 5.41) is 9.53. The fraction of sp³-hybridized carbons (Fsp3) is 0.889. The fourth-order valence-corrected chi connectivity index (χ4v) is 2.23. The van der Waals surface area contributed by atoms with Crippen molar-refractivity contribution >= 4 is 11.9 Å². The molecular weight excluding hydrogens is 296 g/mol. The Morgan fingerprint density at radius 2 is 1.26 bits per heavy atom. The third-order valence-electron chi connectivity index (χ3n) is 3.62. The van der Waals surface area contributed by atoms with E-state index in [9.17, 15) is 14.7 Å². The molecule has 0 heterocycles. The molecular formula is C18H34O5. The van der Waals surface area contributed by atoms with Crippen LogP contribution < -0.4 is 0 Å². The predicted molar refractivity (Wildman–Crippen MR) is 89.8 cm³/mol. The molecule has 0 aromatic heterocycles. The molecule has 5 heteroatoms. The van der Waals surface area contributed by atoms with E-state index in [1.54, 1.807) is 0 Å². The van der Waals surface area contributed by atoms with Crippen LogP contribution in [0.1, 0.15) is 90.9 Å². The van der Waals surface area contributed by atoms with E-state index in [-0.39, 0.29) is 12.6 Å². The van der Waals surface area contributed by atoms with Gasteiger partial charge in [-0.05, 0) is 12.8 Å². The highest BCUT2D eigenvalue weighted by molar-refractivity contribution is 5.70. The van der Waals surface area contributed by atoms with Gasteiger partial charge in [-0.1, -0.05) is 65.2 Å². The molecule has 0 aromatic rings. The van der Waals surface area contributed by atoms with Crippen LogP contribution in [-0.4, -0.2) is 29.9 Å². The molecule has 0 aliphatic heterocycles. The first kappa shape index (κ1) is 21.9. The van der Waals surface area contributed by atoms with Gasteiger partial charge in [0.05, 0.1) is 0 Å². The maximum absolute atomic E-state index is 11.5. The highest BCUT2D eigenvalue weighted by atomic mass is 16.7. The third kappa shape index (κ3) is 15.6. The van der Waals surface area contributed by atoms with E-state index in [2.05, 4.69) is 13.8 Å². The molecule has 0 saturated heterocycles. The maximum atomic E-state index is 11.5. The van der Waals surface area contributed by atoms with Gasteiger partial charge in [-0.25, -0.2) is 0 Å². The SMILES string of the molecule is CCCCCCCC(=O)OCC(O)OC(=O)CCCCCCC. The molecule has 0 rings (SSSR count). The molecule has 0 aromatic carbocycles. The van der Waals surface area contributed by atoms with E-state index < -0.39 is 12.3 Å². The summed E-state index contributed by atoms with van der Waals surface area (Å²) in [5.41, 5.74) is 0. The van der Waals surface area contributed by atoms with Gasteiger partial charge in [0.15, 0.2) is 6.61 Å². The Labute approximate surface area is 140 Å². The van der Waals surface area contributed by atoms with Gasteiger partial charge in [0.1, 0.15) is 0 Å². The van der Waals surface area contributed by atoms with Gasteiger partial charge in [0, 0.05) is 12.8 Å². The van der Waals surface area contributed by atoms with Crippen molar-refractivity contribution in [3.8, 4) is 0 Å². The summed E-state index contributed by atoms with van der Waals surface area (Å²) in [6, 6.07) is 0. The Morgan fingerprint density at radius 1 is 0.783 bits per heavy atom. The summed E-state index contributed by atoms with van der Waals surface area (Å²) in [6.45, 7) is 3.99. The zero-order valence-electron chi connectivity index (χ0n) is 14.8. The summed E-state index contributed by atoms with van der Waals surface area (Å²) in [6.07, 6.45) is 9.78. The molecule has 23 heavy (non-hydrogen) atoms. The topological polar surface area (TPSA) is 72.8 Å². The molecule has 0 fully saturated rings. The second-order valence-electron chi connectivity index (χ2n) is 5.96. The average molecular weight is 330 g/mol. The Morgan fingerprint density at radius 3 is 1.78 bits per heavy atom. The zero-order chi connectivity index (χ0) is 17.3. The summed E-state index contributed by atoms with van der Waals surface area (Å²) in [4.78, 5) is 22.9. The number of aliphatic hydroxyl groups is 1. The Kier molecular flexibility index (Phi) is 15.0. The molecule has 0 spiro atoms.